The molecule has 0 aromatic rings. The van der Waals surface area contributed by atoms with Crippen molar-refractivity contribution in [2.45, 2.75) is 135 Å². The Bertz CT molecular complexity index is 789. The van der Waals surface area contributed by atoms with Crippen molar-refractivity contribution in [3.63, 3.8) is 0 Å². The second kappa shape index (κ2) is 8.26. The molecule has 4 rings (SSSR count). The predicted molar refractivity (Wildman–Crippen MR) is 122 cm³/mol. The Hall–Kier alpha value is -1.01. The minimum absolute atomic E-state index is 0.293. The van der Waals surface area contributed by atoms with E-state index in [1.807, 2.05) is 53.5 Å². The fraction of sp³-hybridized carbons (Fsp3) is 0.958. The van der Waals surface area contributed by atoms with E-state index in [1.54, 1.807) is 0 Å². The van der Waals surface area contributed by atoms with Gasteiger partial charge in [-0.05, 0) is 69.2 Å². The maximum absolute atomic E-state index is 12.2. The van der Waals surface area contributed by atoms with E-state index in [-0.39, 0.29) is 29.9 Å². The van der Waals surface area contributed by atoms with Gasteiger partial charge in [-0.3, -0.25) is 4.84 Å². The van der Waals surface area contributed by atoms with Crippen molar-refractivity contribution >= 4 is 6.09 Å². The smallest absolute Gasteiger partial charge is 0.407 e. The molecule has 0 bridgehead atoms. The van der Waals surface area contributed by atoms with E-state index in [0.29, 0.717) is 19.6 Å². The molecular weight excluding hydrogens is 444 g/mol. The fourth-order valence-corrected chi connectivity index (χ4v) is 5.19. The molecule has 6 atom stereocenters. The highest BCUT2D eigenvalue weighted by molar-refractivity contribution is 5.67. The molecule has 4 saturated heterocycles. The molecular formula is C24H42N2O8. The lowest BCUT2D eigenvalue weighted by Crippen LogP contribution is -2.60. The molecule has 1 amide bonds. The van der Waals surface area contributed by atoms with Crippen LogP contribution in [0.1, 0.15) is 75.7 Å². The summed E-state index contributed by atoms with van der Waals surface area (Å²) in [5.41, 5.74) is -0.939. The van der Waals surface area contributed by atoms with Gasteiger partial charge in [0.1, 0.15) is 23.9 Å². The number of alkyl carbamates (subject to hydrolysis) is 1. The van der Waals surface area contributed by atoms with Crippen LogP contribution >= 0.6 is 0 Å². The minimum atomic E-state index is -1.11. The summed E-state index contributed by atoms with van der Waals surface area (Å²) >= 11 is 0. The molecule has 4 aliphatic heterocycles. The van der Waals surface area contributed by atoms with Crippen molar-refractivity contribution in [1.29, 1.82) is 0 Å². The molecule has 1 unspecified atom stereocenters. The summed E-state index contributed by atoms with van der Waals surface area (Å²) in [5, 5.41) is 4.75. The number of fused-ring (bicyclic) bond motifs is 3. The number of rotatable bonds is 3. The largest absolute Gasteiger partial charge is 0.444 e. The first-order valence-electron chi connectivity index (χ1n) is 12.2. The number of hydroxylamine groups is 2. The number of carbonyl (C=O) groups excluding carboxylic acids is 1. The van der Waals surface area contributed by atoms with E-state index in [1.165, 1.54) is 0 Å². The van der Waals surface area contributed by atoms with Gasteiger partial charge in [-0.25, -0.2) is 4.79 Å². The van der Waals surface area contributed by atoms with Crippen LogP contribution < -0.4 is 5.32 Å². The molecule has 0 aromatic heterocycles. The second-order valence-corrected chi connectivity index (χ2v) is 12.6. The third kappa shape index (κ3) is 5.09. The van der Waals surface area contributed by atoms with Crippen molar-refractivity contribution in [3.8, 4) is 0 Å². The Kier molecular flexibility index (Phi) is 6.33. The lowest BCUT2D eigenvalue weighted by molar-refractivity contribution is -0.342. The van der Waals surface area contributed by atoms with Crippen molar-refractivity contribution in [1.82, 2.24) is 10.4 Å². The van der Waals surface area contributed by atoms with Gasteiger partial charge in [0, 0.05) is 18.5 Å². The van der Waals surface area contributed by atoms with E-state index in [0.717, 1.165) is 0 Å². The maximum Gasteiger partial charge on any atom is 0.407 e. The van der Waals surface area contributed by atoms with Crippen LogP contribution in [0.2, 0.25) is 0 Å². The highest BCUT2D eigenvalue weighted by Crippen LogP contribution is 2.54. The number of hydrogen-bond acceptors (Lipinski definition) is 9. The van der Waals surface area contributed by atoms with Gasteiger partial charge in [0.2, 0.25) is 5.79 Å². The van der Waals surface area contributed by atoms with Gasteiger partial charge < -0.3 is 33.7 Å². The van der Waals surface area contributed by atoms with E-state index in [9.17, 15) is 4.79 Å². The average Bonchev–Trinajstić information content (AvgIpc) is 3.26. The third-order valence-electron chi connectivity index (χ3n) is 6.26. The molecule has 1 N–H and O–H groups in total. The molecule has 4 heterocycles. The van der Waals surface area contributed by atoms with Crippen LogP contribution in [0.4, 0.5) is 4.79 Å². The van der Waals surface area contributed by atoms with Crippen LogP contribution in [-0.4, -0.2) is 83.3 Å². The van der Waals surface area contributed by atoms with E-state index < -0.39 is 35.2 Å². The molecule has 10 heteroatoms. The van der Waals surface area contributed by atoms with Gasteiger partial charge in [-0.15, -0.1) is 0 Å². The van der Waals surface area contributed by atoms with Gasteiger partial charge in [0.05, 0.1) is 18.8 Å². The second-order valence-electron chi connectivity index (χ2n) is 12.6. The lowest BCUT2D eigenvalue weighted by Gasteiger charge is -2.42. The zero-order valence-corrected chi connectivity index (χ0v) is 22.2. The molecule has 0 aliphatic carbocycles. The zero-order valence-electron chi connectivity index (χ0n) is 22.2. The highest BCUT2D eigenvalue weighted by atomic mass is 16.9. The summed E-state index contributed by atoms with van der Waals surface area (Å²) in [6.45, 7) is 19.9. The molecule has 0 spiro atoms. The van der Waals surface area contributed by atoms with Crippen LogP contribution in [0.15, 0.2) is 0 Å². The fourth-order valence-electron chi connectivity index (χ4n) is 5.19. The van der Waals surface area contributed by atoms with Gasteiger partial charge in [-0.1, -0.05) is 0 Å². The van der Waals surface area contributed by atoms with Crippen molar-refractivity contribution in [2.75, 3.05) is 13.2 Å². The van der Waals surface area contributed by atoms with Crippen LogP contribution in [0, 0.1) is 0 Å². The standard InChI is InChI=1S/C24H42N2O8/c1-20(2,3)26-16(11-14(33-26)12-25-19(27)32-21(4,5)6)24-18(31-23(9,10)34-24)17-15(29-24)13-28-22(7,8)30-17/h14-18H,11-13H2,1-10H3,(H,25,27)/t14-,15+,16?,17-,18+,24+/m1/s1. The molecule has 4 aliphatic rings. The Morgan fingerprint density at radius 2 is 1.71 bits per heavy atom. The monoisotopic (exact) mass is 486 g/mol. The van der Waals surface area contributed by atoms with Crippen molar-refractivity contribution < 1.29 is 38.1 Å². The summed E-state index contributed by atoms with van der Waals surface area (Å²) in [7, 11) is 0. The first kappa shape index (κ1) is 26.1. The van der Waals surface area contributed by atoms with Gasteiger partial charge in [0.25, 0.3) is 0 Å². The molecule has 196 valence electrons. The van der Waals surface area contributed by atoms with Crippen molar-refractivity contribution in [3.05, 3.63) is 0 Å². The number of nitrogens with zero attached hydrogens (tertiary/aromatic N) is 1. The maximum atomic E-state index is 12.2. The lowest BCUT2D eigenvalue weighted by atomic mass is 9.92. The van der Waals surface area contributed by atoms with Crippen LogP contribution in [0.25, 0.3) is 0 Å². The normalized spacial score (nSPS) is 39.5. The van der Waals surface area contributed by atoms with Gasteiger partial charge in [-0.2, -0.15) is 5.06 Å². The molecule has 34 heavy (non-hydrogen) atoms. The summed E-state index contributed by atoms with van der Waals surface area (Å²) in [6.07, 6.45) is -1.34. The SMILES string of the molecule is CC(C)(C)OC(=O)NC[C@H]1CC([C@@]23O[C@H]4COC(C)(C)O[C@H]4[C@@H]2OC(C)(C)O3)N(C(C)(C)C)O1. The first-order valence-corrected chi connectivity index (χ1v) is 12.2. The van der Waals surface area contributed by atoms with Crippen LogP contribution in [0.3, 0.4) is 0 Å². The Morgan fingerprint density at radius 3 is 2.32 bits per heavy atom. The Morgan fingerprint density at radius 1 is 1.03 bits per heavy atom. The number of amides is 1. The van der Waals surface area contributed by atoms with Gasteiger partial charge >= 0.3 is 6.09 Å². The highest BCUT2D eigenvalue weighted by Gasteiger charge is 2.72. The number of carbonyl (C=O) groups is 1. The summed E-state index contributed by atoms with van der Waals surface area (Å²) in [4.78, 5) is 18.6. The van der Waals surface area contributed by atoms with E-state index in [2.05, 4.69) is 26.1 Å². The Balaban J connectivity index is 1.57. The first-order chi connectivity index (χ1) is 15.4. The molecule has 0 saturated carbocycles. The van der Waals surface area contributed by atoms with Crippen molar-refractivity contribution in [2.24, 2.45) is 0 Å². The van der Waals surface area contributed by atoms with Crippen LogP contribution in [0.5, 0.6) is 0 Å². The molecule has 0 aromatic carbocycles. The average molecular weight is 487 g/mol. The number of ether oxygens (including phenoxy) is 6. The number of nitrogens with one attached hydrogen (secondary N) is 1. The Labute approximate surface area is 202 Å². The summed E-state index contributed by atoms with van der Waals surface area (Å²) < 4.78 is 37.1. The van der Waals surface area contributed by atoms with Crippen LogP contribution in [-0.2, 0) is 33.3 Å². The van der Waals surface area contributed by atoms with E-state index >= 15 is 0 Å². The number of hydrogen-bond donors (Lipinski definition) is 1. The molecule has 10 nitrogen and oxygen atoms in total. The quantitative estimate of drug-likeness (QED) is 0.645. The predicted octanol–water partition coefficient (Wildman–Crippen LogP) is 3.08. The molecule has 0 radical (unpaired) electrons. The van der Waals surface area contributed by atoms with E-state index in [4.69, 9.17) is 33.3 Å². The zero-order chi connectivity index (χ0) is 25.3. The minimum Gasteiger partial charge on any atom is -0.444 e. The summed E-state index contributed by atoms with van der Waals surface area (Å²) in [6, 6.07) is -0.304. The molecule has 4 fully saturated rings. The van der Waals surface area contributed by atoms with Gasteiger partial charge in [0.15, 0.2) is 11.6 Å². The third-order valence-corrected chi connectivity index (χ3v) is 6.26. The topological polar surface area (TPSA) is 97.0 Å². The summed E-state index contributed by atoms with van der Waals surface area (Å²) in [5.74, 6) is -2.72.